The maximum atomic E-state index is 14.0. The number of halogens is 1. The summed E-state index contributed by atoms with van der Waals surface area (Å²) in [7, 11) is 0. The summed E-state index contributed by atoms with van der Waals surface area (Å²) in [5.41, 5.74) is 0.807. The van der Waals surface area contributed by atoms with Crippen molar-refractivity contribution >= 4 is 23.5 Å². The SMILES string of the molecule is O=C(O)c1ccc(C(=O)NCc2cccc(NC(=O)C3CCCO3)c2)c(F)c1. The zero-order valence-corrected chi connectivity index (χ0v) is 14.9. The number of carbonyl (C=O) groups excluding carboxylic acids is 2. The summed E-state index contributed by atoms with van der Waals surface area (Å²) in [4.78, 5) is 35.1. The number of aromatic carboxylic acids is 1. The highest BCUT2D eigenvalue weighted by molar-refractivity contribution is 5.96. The molecule has 1 saturated heterocycles. The van der Waals surface area contributed by atoms with Crippen molar-refractivity contribution in [2.75, 3.05) is 11.9 Å². The second-order valence-electron chi connectivity index (χ2n) is 6.37. The zero-order valence-electron chi connectivity index (χ0n) is 14.9. The molecule has 1 atom stereocenters. The predicted octanol–water partition coefficient (Wildman–Crippen LogP) is 2.57. The van der Waals surface area contributed by atoms with Crippen molar-refractivity contribution in [1.29, 1.82) is 0 Å². The number of rotatable bonds is 6. The van der Waals surface area contributed by atoms with E-state index >= 15 is 0 Å². The number of anilines is 1. The lowest BCUT2D eigenvalue weighted by Gasteiger charge is -2.12. The van der Waals surface area contributed by atoms with Crippen LogP contribution in [-0.4, -0.2) is 35.6 Å². The summed E-state index contributed by atoms with van der Waals surface area (Å²) in [6.45, 7) is 0.691. The maximum Gasteiger partial charge on any atom is 0.335 e. The van der Waals surface area contributed by atoms with Gasteiger partial charge in [-0.3, -0.25) is 9.59 Å². The zero-order chi connectivity index (χ0) is 20.1. The fourth-order valence-electron chi connectivity index (χ4n) is 2.88. The monoisotopic (exact) mass is 386 g/mol. The lowest BCUT2D eigenvalue weighted by molar-refractivity contribution is -0.124. The second-order valence-corrected chi connectivity index (χ2v) is 6.37. The minimum atomic E-state index is -1.27. The quantitative estimate of drug-likeness (QED) is 0.708. The maximum absolute atomic E-state index is 14.0. The molecular formula is C20H19FN2O5. The largest absolute Gasteiger partial charge is 0.478 e. The molecule has 1 aliphatic rings. The molecule has 0 radical (unpaired) electrons. The summed E-state index contributed by atoms with van der Waals surface area (Å²) in [6.07, 6.45) is 1.10. The van der Waals surface area contributed by atoms with Crippen molar-refractivity contribution in [3.63, 3.8) is 0 Å². The van der Waals surface area contributed by atoms with Crippen LogP contribution in [0.4, 0.5) is 10.1 Å². The van der Waals surface area contributed by atoms with Crippen LogP contribution in [0.1, 0.15) is 39.1 Å². The number of carbonyl (C=O) groups is 3. The number of benzene rings is 2. The highest BCUT2D eigenvalue weighted by atomic mass is 19.1. The Morgan fingerprint density at radius 3 is 2.68 bits per heavy atom. The molecule has 1 aliphatic heterocycles. The van der Waals surface area contributed by atoms with Crippen molar-refractivity contribution in [3.05, 3.63) is 65.0 Å². The Morgan fingerprint density at radius 1 is 1.18 bits per heavy atom. The molecule has 3 N–H and O–H groups in total. The first kappa shape index (κ1) is 19.5. The van der Waals surface area contributed by atoms with Gasteiger partial charge in [-0.05, 0) is 48.7 Å². The van der Waals surface area contributed by atoms with Crippen LogP contribution in [0.3, 0.4) is 0 Å². The Labute approximate surface area is 160 Å². The molecule has 0 saturated carbocycles. The Kier molecular flexibility index (Phi) is 6.00. The van der Waals surface area contributed by atoms with E-state index in [0.717, 1.165) is 18.6 Å². The van der Waals surface area contributed by atoms with Gasteiger partial charge < -0.3 is 20.5 Å². The van der Waals surface area contributed by atoms with Crippen molar-refractivity contribution in [1.82, 2.24) is 5.32 Å². The average Bonchev–Trinajstić information content (AvgIpc) is 3.21. The first-order valence-corrected chi connectivity index (χ1v) is 8.76. The number of hydrogen-bond donors (Lipinski definition) is 3. The van der Waals surface area contributed by atoms with Gasteiger partial charge in [0.05, 0.1) is 11.1 Å². The summed E-state index contributed by atoms with van der Waals surface area (Å²) in [5, 5.41) is 14.2. The molecule has 0 aliphatic carbocycles. The van der Waals surface area contributed by atoms with Gasteiger partial charge in [0.1, 0.15) is 11.9 Å². The van der Waals surface area contributed by atoms with Crippen LogP contribution in [0.2, 0.25) is 0 Å². The van der Waals surface area contributed by atoms with Crippen molar-refractivity contribution in [3.8, 4) is 0 Å². The molecule has 2 amide bonds. The van der Waals surface area contributed by atoms with E-state index in [1.165, 1.54) is 6.07 Å². The van der Waals surface area contributed by atoms with E-state index in [0.29, 0.717) is 24.3 Å². The molecule has 146 valence electrons. The van der Waals surface area contributed by atoms with Gasteiger partial charge in [-0.2, -0.15) is 0 Å². The van der Waals surface area contributed by atoms with Crippen molar-refractivity contribution in [2.24, 2.45) is 0 Å². The van der Waals surface area contributed by atoms with E-state index in [1.54, 1.807) is 24.3 Å². The van der Waals surface area contributed by atoms with Crippen LogP contribution in [0, 0.1) is 5.82 Å². The molecule has 3 rings (SSSR count). The van der Waals surface area contributed by atoms with Gasteiger partial charge >= 0.3 is 5.97 Å². The third-order valence-electron chi connectivity index (χ3n) is 4.33. The highest BCUT2D eigenvalue weighted by Gasteiger charge is 2.23. The normalized spacial score (nSPS) is 15.8. The molecule has 2 aromatic carbocycles. The Bertz CT molecular complexity index is 909. The first-order valence-electron chi connectivity index (χ1n) is 8.76. The third kappa shape index (κ3) is 4.72. The van der Waals surface area contributed by atoms with Crippen LogP contribution < -0.4 is 10.6 Å². The molecule has 0 aromatic heterocycles. The van der Waals surface area contributed by atoms with E-state index in [4.69, 9.17) is 9.84 Å². The van der Waals surface area contributed by atoms with E-state index < -0.39 is 23.8 Å². The smallest absolute Gasteiger partial charge is 0.335 e. The second kappa shape index (κ2) is 8.62. The molecular weight excluding hydrogens is 367 g/mol. The Balaban J connectivity index is 1.60. The molecule has 0 spiro atoms. The number of carboxylic acids is 1. The van der Waals surface area contributed by atoms with E-state index in [1.807, 2.05) is 0 Å². The van der Waals surface area contributed by atoms with Crippen molar-refractivity contribution < 1.29 is 28.6 Å². The van der Waals surface area contributed by atoms with Gasteiger partial charge in [0, 0.05) is 18.8 Å². The number of hydrogen-bond acceptors (Lipinski definition) is 4. The minimum Gasteiger partial charge on any atom is -0.478 e. The molecule has 8 heteroatoms. The molecule has 1 unspecified atom stereocenters. The fourth-order valence-corrected chi connectivity index (χ4v) is 2.88. The van der Waals surface area contributed by atoms with Crippen LogP contribution in [-0.2, 0) is 16.1 Å². The Morgan fingerprint density at radius 2 is 2.00 bits per heavy atom. The first-order chi connectivity index (χ1) is 13.4. The number of carboxylic acid groups (broad SMARTS) is 1. The van der Waals surface area contributed by atoms with Crippen LogP contribution in [0.15, 0.2) is 42.5 Å². The summed E-state index contributed by atoms with van der Waals surface area (Å²) in [6, 6.07) is 10.0. The minimum absolute atomic E-state index is 0.114. The lowest BCUT2D eigenvalue weighted by atomic mass is 10.1. The van der Waals surface area contributed by atoms with Gasteiger partial charge in [0.2, 0.25) is 0 Å². The standard InChI is InChI=1S/C20H19FN2O5/c21-16-10-13(20(26)27)6-7-15(16)18(24)22-11-12-3-1-4-14(9-12)23-19(25)17-5-2-8-28-17/h1,3-4,6-7,9-10,17H,2,5,8,11H2,(H,22,24)(H,23,25)(H,26,27). The van der Waals surface area contributed by atoms with Crippen LogP contribution >= 0.6 is 0 Å². The number of nitrogens with one attached hydrogen (secondary N) is 2. The third-order valence-corrected chi connectivity index (χ3v) is 4.33. The molecule has 0 bridgehead atoms. The van der Waals surface area contributed by atoms with Gasteiger partial charge in [0.25, 0.3) is 11.8 Å². The van der Waals surface area contributed by atoms with Crippen molar-refractivity contribution in [2.45, 2.75) is 25.5 Å². The van der Waals surface area contributed by atoms with Gasteiger partial charge in [-0.25, -0.2) is 9.18 Å². The molecule has 1 fully saturated rings. The molecule has 7 nitrogen and oxygen atoms in total. The van der Waals surface area contributed by atoms with E-state index in [2.05, 4.69) is 10.6 Å². The van der Waals surface area contributed by atoms with Gasteiger partial charge in [-0.1, -0.05) is 12.1 Å². The fraction of sp³-hybridized carbons (Fsp3) is 0.250. The van der Waals surface area contributed by atoms with Gasteiger partial charge in [0.15, 0.2) is 0 Å². The molecule has 28 heavy (non-hydrogen) atoms. The topological polar surface area (TPSA) is 105 Å². The lowest BCUT2D eigenvalue weighted by Crippen LogP contribution is -2.27. The highest BCUT2D eigenvalue weighted by Crippen LogP contribution is 2.17. The average molecular weight is 386 g/mol. The van der Waals surface area contributed by atoms with Crippen LogP contribution in [0.5, 0.6) is 0 Å². The molecule has 1 heterocycles. The molecule has 2 aromatic rings. The Hall–Kier alpha value is -3.26. The van der Waals surface area contributed by atoms with Crippen LogP contribution in [0.25, 0.3) is 0 Å². The number of amides is 2. The van der Waals surface area contributed by atoms with E-state index in [-0.39, 0.29) is 23.6 Å². The summed E-state index contributed by atoms with van der Waals surface area (Å²) in [5.74, 6) is -3.05. The summed E-state index contributed by atoms with van der Waals surface area (Å²) < 4.78 is 19.3. The van der Waals surface area contributed by atoms with Gasteiger partial charge in [-0.15, -0.1) is 0 Å². The number of ether oxygens (including phenoxy) is 1. The summed E-state index contributed by atoms with van der Waals surface area (Å²) >= 11 is 0. The van der Waals surface area contributed by atoms with E-state index in [9.17, 15) is 18.8 Å². The predicted molar refractivity (Wildman–Crippen MR) is 98.6 cm³/mol.